The molecule has 0 fully saturated rings. The van der Waals surface area contributed by atoms with Crippen molar-refractivity contribution >= 4 is 21.7 Å². The Hall–Kier alpha value is -1.11. The van der Waals surface area contributed by atoms with Gasteiger partial charge in [-0.2, -0.15) is 0 Å². The van der Waals surface area contributed by atoms with Crippen LogP contribution in [0.1, 0.15) is 33.6 Å². The van der Waals surface area contributed by atoms with Gasteiger partial charge in [-0.05, 0) is 20.3 Å². The Labute approximate surface area is 101 Å². The normalized spacial score (nSPS) is 14.1. The van der Waals surface area contributed by atoms with Gasteiger partial charge in [-0.3, -0.25) is 4.79 Å². The topological polar surface area (TPSA) is 101 Å². The van der Waals surface area contributed by atoms with Gasteiger partial charge in [0.15, 0.2) is 9.84 Å². The molecule has 0 saturated heterocycles. The van der Waals surface area contributed by atoms with E-state index in [1.165, 1.54) is 13.8 Å². The molecule has 100 valence electrons. The molecule has 0 saturated carbocycles. The summed E-state index contributed by atoms with van der Waals surface area (Å²) in [6.45, 7) is 4.29. The number of carbonyl (C=O) groups is 2. The molecule has 1 atom stereocenters. The van der Waals surface area contributed by atoms with Gasteiger partial charge in [0.1, 0.15) is 10.8 Å². The Kier molecular flexibility index (Phi) is 5.12. The molecule has 7 heteroatoms. The molecule has 0 unspecified atom stereocenters. The third-order valence-electron chi connectivity index (χ3n) is 2.65. The minimum Gasteiger partial charge on any atom is -0.480 e. The molecule has 0 aliphatic rings. The van der Waals surface area contributed by atoms with Crippen LogP contribution in [0.3, 0.4) is 0 Å². The summed E-state index contributed by atoms with van der Waals surface area (Å²) in [5, 5.41) is 11.1. The van der Waals surface area contributed by atoms with E-state index in [2.05, 4.69) is 5.32 Å². The van der Waals surface area contributed by atoms with Gasteiger partial charge in [-0.25, -0.2) is 13.2 Å². The van der Waals surface area contributed by atoms with Gasteiger partial charge in [-0.1, -0.05) is 13.3 Å². The minimum atomic E-state index is -3.59. The molecule has 0 aromatic carbocycles. The van der Waals surface area contributed by atoms with E-state index in [1.807, 2.05) is 0 Å². The molecule has 0 rings (SSSR count). The first kappa shape index (κ1) is 15.9. The molecule has 0 heterocycles. The van der Waals surface area contributed by atoms with Crippen LogP contribution in [-0.2, 0) is 19.4 Å². The van der Waals surface area contributed by atoms with Crippen molar-refractivity contribution in [3.05, 3.63) is 0 Å². The van der Waals surface area contributed by atoms with E-state index in [-0.39, 0.29) is 6.42 Å². The van der Waals surface area contributed by atoms with E-state index in [0.717, 1.165) is 6.26 Å². The van der Waals surface area contributed by atoms with E-state index < -0.39 is 32.5 Å². The van der Waals surface area contributed by atoms with Gasteiger partial charge in [0.05, 0.1) is 0 Å². The quantitative estimate of drug-likeness (QED) is 0.713. The summed E-state index contributed by atoms with van der Waals surface area (Å²) in [7, 11) is -3.59. The van der Waals surface area contributed by atoms with Crippen molar-refractivity contribution < 1.29 is 23.1 Å². The van der Waals surface area contributed by atoms with Crippen molar-refractivity contribution in [3.63, 3.8) is 0 Å². The maximum Gasteiger partial charge on any atom is 0.326 e. The Bertz CT molecular complexity index is 399. The van der Waals surface area contributed by atoms with Crippen LogP contribution in [0.25, 0.3) is 0 Å². The fourth-order valence-electron chi connectivity index (χ4n) is 1.05. The van der Waals surface area contributed by atoms with Crippen LogP contribution in [0.15, 0.2) is 0 Å². The lowest BCUT2D eigenvalue weighted by molar-refractivity contribution is -0.142. The van der Waals surface area contributed by atoms with Crippen molar-refractivity contribution in [2.45, 2.75) is 44.4 Å². The first-order valence-electron chi connectivity index (χ1n) is 5.27. The van der Waals surface area contributed by atoms with E-state index in [0.29, 0.717) is 6.42 Å². The lowest BCUT2D eigenvalue weighted by Crippen LogP contribution is -2.52. The average molecular weight is 265 g/mol. The van der Waals surface area contributed by atoms with Gasteiger partial charge in [0.2, 0.25) is 5.91 Å². The van der Waals surface area contributed by atoms with Crippen molar-refractivity contribution in [2.75, 3.05) is 6.26 Å². The van der Waals surface area contributed by atoms with Crippen LogP contribution >= 0.6 is 0 Å². The van der Waals surface area contributed by atoms with Crippen molar-refractivity contribution in [1.82, 2.24) is 5.32 Å². The van der Waals surface area contributed by atoms with Crippen LogP contribution < -0.4 is 5.32 Å². The molecule has 17 heavy (non-hydrogen) atoms. The number of rotatable bonds is 6. The molecule has 2 N–H and O–H groups in total. The van der Waals surface area contributed by atoms with Crippen molar-refractivity contribution in [1.29, 1.82) is 0 Å². The van der Waals surface area contributed by atoms with Crippen molar-refractivity contribution in [2.24, 2.45) is 0 Å². The van der Waals surface area contributed by atoms with E-state index >= 15 is 0 Å². The number of hydrogen-bond donors (Lipinski definition) is 2. The third kappa shape index (κ3) is 3.99. The Morgan fingerprint density at radius 1 is 1.35 bits per heavy atom. The zero-order valence-corrected chi connectivity index (χ0v) is 11.3. The molecule has 0 spiro atoms. The van der Waals surface area contributed by atoms with E-state index in [1.54, 1.807) is 6.92 Å². The lowest BCUT2D eigenvalue weighted by atomic mass is 10.1. The molecule has 0 radical (unpaired) electrons. The van der Waals surface area contributed by atoms with Gasteiger partial charge in [-0.15, -0.1) is 0 Å². The first-order valence-corrected chi connectivity index (χ1v) is 7.16. The maximum atomic E-state index is 11.7. The summed E-state index contributed by atoms with van der Waals surface area (Å²) in [4.78, 5) is 22.6. The Morgan fingerprint density at radius 2 is 1.82 bits per heavy atom. The highest BCUT2D eigenvalue weighted by atomic mass is 32.2. The first-order chi connectivity index (χ1) is 7.54. The van der Waals surface area contributed by atoms with Crippen molar-refractivity contribution in [3.8, 4) is 0 Å². The Balaban J connectivity index is 4.91. The average Bonchev–Trinajstić information content (AvgIpc) is 2.14. The number of carbonyl (C=O) groups excluding carboxylic acids is 1. The maximum absolute atomic E-state index is 11.7. The second kappa shape index (κ2) is 5.48. The van der Waals surface area contributed by atoms with Gasteiger partial charge >= 0.3 is 5.97 Å². The van der Waals surface area contributed by atoms with Crippen LogP contribution in [0.4, 0.5) is 0 Å². The zero-order valence-electron chi connectivity index (χ0n) is 10.5. The molecule has 0 aliphatic heterocycles. The lowest BCUT2D eigenvalue weighted by Gasteiger charge is -2.24. The number of carboxylic acid groups (broad SMARTS) is 1. The second-order valence-electron chi connectivity index (χ2n) is 4.44. The van der Waals surface area contributed by atoms with E-state index in [9.17, 15) is 18.0 Å². The highest BCUT2D eigenvalue weighted by Gasteiger charge is 2.39. The molecule has 0 bridgehead atoms. The molecule has 0 aliphatic carbocycles. The standard InChI is InChI=1S/C10H19NO5S/c1-5-6-7(8(12)13)11-9(14)10(2,3)17(4,15)16/h7H,5-6H2,1-4H3,(H,11,14)(H,12,13)/t7-/m0/s1. The number of aliphatic carboxylic acids is 1. The van der Waals surface area contributed by atoms with Gasteiger partial charge in [0, 0.05) is 6.26 Å². The Morgan fingerprint density at radius 3 is 2.12 bits per heavy atom. The number of amides is 1. The summed E-state index contributed by atoms with van der Waals surface area (Å²) in [6, 6.07) is -1.05. The number of hydrogen-bond acceptors (Lipinski definition) is 4. The SMILES string of the molecule is CCC[C@H](NC(=O)C(C)(C)S(C)(=O)=O)C(=O)O. The fraction of sp³-hybridized carbons (Fsp3) is 0.800. The van der Waals surface area contributed by atoms with Crippen LogP contribution in [0.5, 0.6) is 0 Å². The third-order valence-corrected chi connectivity index (χ3v) is 4.69. The summed E-state index contributed by atoms with van der Waals surface area (Å²) in [6.07, 6.45) is 1.79. The highest BCUT2D eigenvalue weighted by Crippen LogP contribution is 2.15. The summed E-state index contributed by atoms with van der Waals surface area (Å²) in [5.74, 6) is -1.95. The smallest absolute Gasteiger partial charge is 0.326 e. The summed E-state index contributed by atoms with van der Waals surface area (Å²) >= 11 is 0. The van der Waals surface area contributed by atoms with Gasteiger partial charge < -0.3 is 10.4 Å². The number of carboxylic acids is 1. The molecule has 0 aromatic heterocycles. The van der Waals surface area contributed by atoms with Crippen LogP contribution in [-0.4, -0.2) is 42.4 Å². The monoisotopic (exact) mass is 265 g/mol. The van der Waals surface area contributed by atoms with Gasteiger partial charge in [0.25, 0.3) is 0 Å². The molecular formula is C10H19NO5S. The molecular weight excluding hydrogens is 246 g/mol. The van der Waals surface area contributed by atoms with Crippen LogP contribution in [0.2, 0.25) is 0 Å². The second-order valence-corrected chi connectivity index (χ2v) is 7.00. The zero-order chi connectivity index (χ0) is 13.9. The van der Waals surface area contributed by atoms with Crippen LogP contribution in [0, 0.1) is 0 Å². The summed E-state index contributed by atoms with van der Waals surface area (Å²) < 4.78 is 21.2. The summed E-state index contributed by atoms with van der Waals surface area (Å²) in [5.41, 5.74) is 0. The molecule has 0 aromatic rings. The van der Waals surface area contributed by atoms with E-state index in [4.69, 9.17) is 5.11 Å². The number of sulfone groups is 1. The molecule has 6 nitrogen and oxygen atoms in total. The number of nitrogens with one attached hydrogen (secondary N) is 1. The predicted molar refractivity (Wildman–Crippen MR) is 63.4 cm³/mol. The highest BCUT2D eigenvalue weighted by molar-refractivity contribution is 7.92. The minimum absolute atomic E-state index is 0.265. The molecule has 1 amide bonds. The predicted octanol–water partition coefficient (Wildman–Crippen LogP) is 0.179. The fourth-order valence-corrected chi connectivity index (χ4v) is 1.44. The largest absolute Gasteiger partial charge is 0.480 e.